The Balaban J connectivity index is 3.70. The lowest BCUT2D eigenvalue weighted by Gasteiger charge is -2.19. The van der Waals surface area contributed by atoms with Gasteiger partial charge < -0.3 is 10.6 Å². The van der Waals surface area contributed by atoms with Crippen LogP contribution in [0.4, 0.5) is 0 Å². The molecule has 0 rings (SSSR count). The van der Waals surface area contributed by atoms with Gasteiger partial charge in [-0.2, -0.15) is 0 Å². The van der Waals surface area contributed by atoms with Gasteiger partial charge in [-0.3, -0.25) is 0 Å². The summed E-state index contributed by atoms with van der Waals surface area (Å²) in [7, 11) is -0.882. The topological polar surface area (TPSA) is 63.4 Å². The van der Waals surface area contributed by atoms with E-state index in [1.165, 1.54) is 6.26 Å². The van der Waals surface area contributed by atoms with Gasteiger partial charge in [0.2, 0.25) is 0 Å². The molecule has 0 saturated heterocycles. The maximum Gasteiger partial charge on any atom is 0.148 e. The van der Waals surface area contributed by atoms with Gasteiger partial charge in [0.1, 0.15) is 9.84 Å². The molecule has 0 aromatic heterocycles. The van der Waals surface area contributed by atoms with Gasteiger partial charge in [-0.15, -0.1) is 0 Å². The molecule has 0 aromatic rings. The molecule has 0 aromatic carbocycles. The molecule has 15 heavy (non-hydrogen) atoms. The largest absolute Gasteiger partial charge is 0.330 e. The summed E-state index contributed by atoms with van der Waals surface area (Å²) in [6, 6.07) is 0. The van der Waals surface area contributed by atoms with E-state index in [1.54, 1.807) is 0 Å². The van der Waals surface area contributed by atoms with Gasteiger partial charge in [0.05, 0.1) is 5.75 Å². The maximum atomic E-state index is 10.9. The van der Waals surface area contributed by atoms with Crippen molar-refractivity contribution >= 4 is 9.84 Å². The highest BCUT2D eigenvalue weighted by atomic mass is 32.2. The standard InChI is InChI=1S/C10H24N2O2S/c1-4-10(9-11)5-6-12(2)7-8-15(3,13)14/h10H,4-9,11H2,1-3H3. The molecular formula is C10H24N2O2S. The second kappa shape index (κ2) is 7.19. The van der Waals surface area contributed by atoms with Gasteiger partial charge in [-0.05, 0) is 32.5 Å². The fourth-order valence-electron chi connectivity index (χ4n) is 1.33. The summed E-state index contributed by atoms with van der Waals surface area (Å²) in [5.41, 5.74) is 5.60. The van der Waals surface area contributed by atoms with Crippen LogP contribution in [0.3, 0.4) is 0 Å². The van der Waals surface area contributed by atoms with Crippen LogP contribution in [0.1, 0.15) is 19.8 Å². The second-order valence-corrected chi connectivity index (χ2v) is 6.49. The molecule has 4 nitrogen and oxygen atoms in total. The van der Waals surface area contributed by atoms with Crippen molar-refractivity contribution in [1.82, 2.24) is 4.90 Å². The molecule has 0 spiro atoms. The molecule has 0 aliphatic carbocycles. The molecule has 0 heterocycles. The van der Waals surface area contributed by atoms with E-state index in [0.717, 1.165) is 25.9 Å². The summed E-state index contributed by atoms with van der Waals surface area (Å²) >= 11 is 0. The van der Waals surface area contributed by atoms with Gasteiger partial charge in [-0.25, -0.2) is 8.42 Å². The molecule has 0 bridgehead atoms. The van der Waals surface area contributed by atoms with E-state index >= 15 is 0 Å². The molecular weight excluding hydrogens is 212 g/mol. The normalized spacial score (nSPS) is 14.5. The Morgan fingerprint density at radius 2 is 1.93 bits per heavy atom. The van der Waals surface area contributed by atoms with Crippen LogP contribution >= 0.6 is 0 Å². The number of rotatable bonds is 8. The van der Waals surface area contributed by atoms with Crippen molar-refractivity contribution in [3.63, 3.8) is 0 Å². The Kier molecular flexibility index (Phi) is 7.13. The zero-order valence-corrected chi connectivity index (χ0v) is 10.9. The lowest BCUT2D eigenvalue weighted by atomic mass is 10.0. The molecule has 0 saturated carbocycles. The Hall–Kier alpha value is -0.130. The van der Waals surface area contributed by atoms with Gasteiger partial charge in [0, 0.05) is 12.8 Å². The number of hydrogen-bond donors (Lipinski definition) is 1. The first-order valence-electron chi connectivity index (χ1n) is 5.45. The third kappa shape index (κ3) is 8.84. The van der Waals surface area contributed by atoms with E-state index in [0.29, 0.717) is 12.5 Å². The summed E-state index contributed by atoms with van der Waals surface area (Å²) in [4.78, 5) is 2.05. The van der Waals surface area contributed by atoms with Crippen molar-refractivity contribution in [1.29, 1.82) is 0 Å². The number of nitrogens with two attached hydrogens (primary N) is 1. The van der Waals surface area contributed by atoms with Crippen LogP contribution in [0, 0.1) is 5.92 Å². The van der Waals surface area contributed by atoms with Gasteiger partial charge in [-0.1, -0.05) is 13.3 Å². The smallest absolute Gasteiger partial charge is 0.148 e. The molecule has 0 aliphatic rings. The Labute approximate surface area is 93.7 Å². The van der Waals surface area contributed by atoms with E-state index in [2.05, 4.69) is 11.8 Å². The Morgan fingerprint density at radius 1 is 1.33 bits per heavy atom. The highest BCUT2D eigenvalue weighted by Crippen LogP contribution is 2.06. The highest BCUT2D eigenvalue weighted by molar-refractivity contribution is 7.90. The maximum absolute atomic E-state index is 10.9. The molecule has 1 atom stereocenters. The molecule has 0 fully saturated rings. The van der Waals surface area contributed by atoms with Crippen molar-refractivity contribution in [3.05, 3.63) is 0 Å². The first-order chi connectivity index (χ1) is 6.89. The first-order valence-corrected chi connectivity index (χ1v) is 7.51. The van der Waals surface area contributed by atoms with Crippen LogP contribution in [0.25, 0.3) is 0 Å². The minimum atomic E-state index is -2.84. The summed E-state index contributed by atoms with van der Waals surface area (Å²) in [5, 5.41) is 0. The molecule has 2 N–H and O–H groups in total. The summed E-state index contributed by atoms with van der Waals surface area (Å²) in [6.45, 7) is 4.38. The second-order valence-electron chi connectivity index (χ2n) is 4.23. The van der Waals surface area contributed by atoms with Crippen molar-refractivity contribution in [2.75, 3.05) is 38.7 Å². The summed E-state index contributed by atoms with van der Waals surface area (Å²) < 4.78 is 21.9. The monoisotopic (exact) mass is 236 g/mol. The number of sulfone groups is 1. The fourth-order valence-corrected chi connectivity index (χ4v) is 1.97. The number of hydrogen-bond acceptors (Lipinski definition) is 4. The van der Waals surface area contributed by atoms with Crippen LogP contribution in [0.15, 0.2) is 0 Å². The van der Waals surface area contributed by atoms with Crippen molar-refractivity contribution in [3.8, 4) is 0 Å². The SMILES string of the molecule is CCC(CN)CCN(C)CCS(C)(=O)=O. The van der Waals surface area contributed by atoms with Gasteiger partial charge in [0.15, 0.2) is 0 Å². The molecule has 0 amide bonds. The van der Waals surface area contributed by atoms with E-state index in [9.17, 15) is 8.42 Å². The quantitative estimate of drug-likeness (QED) is 0.660. The van der Waals surface area contributed by atoms with Crippen molar-refractivity contribution in [2.24, 2.45) is 11.7 Å². The zero-order chi connectivity index (χ0) is 11.9. The molecule has 0 radical (unpaired) electrons. The summed E-state index contributed by atoms with van der Waals surface area (Å²) in [6.07, 6.45) is 3.42. The van der Waals surface area contributed by atoms with Crippen LogP contribution in [0.2, 0.25) is 0 Å². The van der Waals surface area contributed by atoms with Crippen LogP contribution in [-0.4, -0.2) is 52.0 Å². The summed E-state index contributed by atoms with van der Waals surface area (Å²) in [5.74, 6) is 0.800. The average molecular weight is 236 g/mol. The van der Waals surface area contributed by atoms with Crippen LogP contribution < -0.4 is 5.73 Å². The predicted molar refractivity (Wildman–Crippen MR) is 64.7 cm³/mol. The van der Waals surface area contributed by atoms with Crippen LogP contribution in [0.5, 0.6) is 0 Å². The van der Waals surface area contributed by atoms with E-state index in [-0.39, 0.29) is 5.75 Å². The Morgan fingerprint density at radius 3 is 2.33 bits per heavy atom. The third-order valence-electron chi connectivity index (χ3n) is 2.67. The van der Waals surface area contributed by atoms with E-state index in [4.69, 9.17) is 5.73 Å². The van der Waals surface area contributed by atoms with Crippen molar-refractivity contribution in [2.45, 2.75) is 19.8 Å². The average Bonchev–Trinajstić information content (AvgIpc) is 2.15. The Bertz CT molecular complexity index is 248. The zero-order valence-electron chi connectivity index (χ0n) is 10.1. The minimum absolute atomic E-state index is 0.239. The lowest BCUT2D eigenvalue weighted by molar-refractivity contribution is 0.312. The van der Waals surface area contributed by atoms with E-state index in [1.807, 2.05) is 7.05 Å². The molecule has 1 unspecified atom stereocenters. The molecule has 5 heteroatoms. The predicted octanol–water partition coefficient (Wildman–Crippen LogP) is 0.338. The molecule has 92 valence electrons. The lowest BCUT2D eigenvalue weighted by Crippen LogP contribution is -2.28. The number of nitrogens with zero attached hydrogens (tertiary/aromatic N) is 1. The van der Waals surface area contributed by atoms with Crippen molar-refractivity contribution < 1.29 is 8.42 Å². The van der Waals surface area contributed by atoms with Crippen LogP contribution in [-0.2, 0) is 9.84 Å². The van der Waals surface area contributed by atoms with E-state index < -0.39 is 9.84 Å². The molecule has 0 aliphatic heterocycles. The first kappa shape index (κ1) is 14.9. The highest BCUT2D eigenvalue weighted by Gasteiger charge is 2.08. The third-order valence-corrected chi connectivity index (χ3v) is 3.60. The minimum Gasteiger partial charge on any atom is -0.330 e. The fraction of sp³-hybridized carbons (Fsp3) is 1.00. The van der Waals surface area contributed by atoms with Gasteiger partial charge in [0.25, 0.3) is 0 Å². The van der Waals surface area contributed by atoms with Gasteiger partial charge >= 0.3 is 0 Å².